The number of ether oxygens (including phenoxy) is 1. The highest BCUT2D eigenvalue weighted by atomic mass is 32.2. The second kappa shape index (κ2) is 5.84. The molecule has 0 aromatic heterocycles. The number of carbonyl (C=O) groups excluding carboxylic acids is 1. The van der Waals surface area contributed by atoms with E-state index < -0.39 is 39.4 Å². The van der Waals surface area contributed by atoms with E-state index in [1.807, 2.05) is 0 Å². The van der Waals surface area contributed by atoms with Gasteiger partial charge in [-0.3, -0.25) is 0 Å². The van der Waals surface area contributed by atoms with Gasteiger partial charge < -0.3 is 9.84 Å². The molecule has 1 aromatic rings. The fourth-order valence-electron chi connectivity index (χ4n) is 1.27. The summed E-state index contributed by atoms with van der Waals surface area (Å²) in [4.78, 5) is 10.9. The van der Waals surface area contributed by atoms with Crippen LogP contribution in [0.2, 0.25) is 0 Å². The van der Waals surface area contributed by atoms with Crippen LogP contribution in [0.15, 0.2) is 17.0 Å². The number of hydrogen-bond acceptors (Lipinski definition) is 5. The third kappa shape index (κ3) is 3.79. The van der Waals surface area contributed by atoms with E-state index in [0.717, 1.165) is 12.1 Å². The number of carbonyl (C=O) groups is 1. The highest BCUT2D eigenvalue weighted by Gasteiger charge is 2.32. The molecule has 0 aliphatic rings. The average molecular weight is 291 g/mol. The highest BCUT2D eigenvalue weighted by molar-refractivity contribution is 8.00. The Morgan fingerprint density at radius 3 is 2.63 bits per heavy atom. The number of nitrogens with zero attached hydrogens (tertiary/aromatic N) is 1. The molecule has 0 unspecified atom stereocenters. The predicted molar refractivity (Wildman–Crippen MR) is 60.7 cm³/mol. The number of aromatic hydroxyl groups is 1. The van der Waals surface area contributed by atoms with Crippen LogP contribution in [0.1, 0.15) is 22.8 Å². The van der Waals surface area contributed by atoms with Gasteiger partial charge in [0.15, 0.2) is 0 Å². The molecule has 1 N–H and O–H groups in total. The Bertz CT molecular complexity index is 537. The molecule has 1 rings (SSSR count). The molecule has 0 fully saturated rings. The third-order valence-electron chi connectivity index (χ3n) is 1.97. The molecule has 0 aliphatic carbocycles. The molecule has 0 saturated carbocycles. The minimum absolute atomic E-state index is 0.0452. The maximum atomic E-state index is 12.2. The van der Waals surface area contributed by atoms with Crippen LogP contribution in [-0.4, -0.2) is 23.2 Å². The second-order valence-corrected chi connectivity index (χ2v) is 4.32. The van der Waals surface area contributed by atoms with E-state index in [1.54, 1.807) is 0 Å². The number of phenolic OH excluding ortho intramolecular Hbond substituents is 1. The van der Waals surface area contributed by atoms with Crippen LogP contribution in [0.5, 0.6) is 5.75 Å². The molecule has 0 aliphatic heterocycles. The van der Waals surface area contributed by atoms with Gasteiger partial charge in [-0.25, -0.2) is 4.79 Å². The number of thioether (sulfide) groups is 1. The maximum Gasteiger partial charge on any atom is 0.446 e. The van der Waals surface area contributed by atoms with Crippen molar-refractivity contribution in [2.75, 3.05) is 6.61 Å². The van der Waals surface area contributed by atoms with Crippen molar-refractivity contribution in [3.05, 3.63) is 23.3 Å². The van der Waals surface area contributed by atoms with Crippen molar-refractivity contribution in [3.63, 3.8) is 0 Å². The van der Waals surface area contributed by atoms with E-state index in [1.165, 1.54) is 13.0 Å². The van der Waals surface area contributed by atoms with Gasteiger partial charge in [-0.15, -0.1) is 0 Å². The first-order valence-electron chi connectivity index (χ1n) is 4.99. The predicted octanol–water partition coefficient (Wildman–Crippen LogP) is 3.05. The van der Waals surface area contributed by atoms with Gasteiger partial charge in [0.2, 0.25) is 0 Å². The van der Waals surface area contributed by atoms with Crippen LogP contribution >= 0.6 is 11.8 Å². The summed E-state index contributed by atoms with van der Waals surface area (Å²) in [6.45, 7) is 1.58. The summed E-state index contributed by atoms with van der Waals surface area (Å²) in [5, 5.41) is 18.4. The molecule has 0 atom stereocenters. The molecule has 0 spiro atoms. The minimum Gasteiger partial charge on any atom is -0.505 e. The first kappa shape index (κ1) is 15.2. The molecule has 0 bridgehead atoms. The fourth-order valence-corrected chi connectivity index (χ4v) is 1.86. The summed E-state index contributed by atoms with van der Waals surface area (Å²) in [5.41, 5.74) is -5.41. The van der Waals surface area contributed by atoms with E-state index in [0.29, 0.717) is 0 Å². The number of hydrogen-bond donors (Lipinski definition) is 1. The molecule has 0 heterocycles. The molecule has 102 valence electrons. The molecular formula is C11H8F3NO3S. The first-order valence-corrected chi connectivity index (χ1v) is 5.80. The monoisotopic (exact) mass is 291 g/mol. The van der Waals surface area contributed by atoms with Gasteiger partial charge in [-0.05, 0) is 30.8 Å². The Hall–Kier alpha value is -1.88. The highest BCUT2D eigenvalue weighted by Crippen LogP contribution is 2.42. The summed E-state index contributed by atoms with van der Waals surface area (Å²) >= 11 is -0.563. The Morgan fingerprint density at radius 2 is 2.16 bits per heavy atom. The lowest BCUT2D eigenvalue weighted by atomic mass is 10.1. The quantitative estimate of drug-likeness (QED) is 0.684. The molecule has 4 nitrogen and oxygen atoms in total. The van der Waals surface area contributed by atoms with Crippen molar-refractivity contribution < 1.29 is 27.8 Å². The number of esters is 1. The summed E-state index contributed by atoms with van der Waals surface area (Å²) in [6, 6.07) is 3.43. The van der Waals surface area contributed by atoms with Gasteiger partial charge in [0.25, 0.3) is 0 Å². The Labute approximate surface area is 110 Å². The topological polar surface area (TPSA) is 70.3 Å². The first-order chi connectivity index (χ1) is 8.80. The van der Waals surface area contributed by atoms with Gasteiger partial charge >= 0.3 is 11.5 Å². The van der Waals surface area contributed by atoms with Gasteiger partial charge in [0.05, 0.1) is 17.1 Å². The van der Waals surface area contributed by atoms with Gasteiger partial charge in [-0.2, -0.15) is 18.4 Å². The van der Waals surface area contributed by atoms with Crippen LogP contribution < -0.4 is 0 Å². The standard InChI is InChI=1S/C11H8F3NO3S/c1-2-18-10(17)6-3-4-8(19-11(12,13)14)9(16)7(6)5-15/h3-4,16H,2H2,1H3. The van der Waals surface area contributed by atoms with Crippen LogP contribution in [0.4, 0.5) is 13.2 Å². The summed E-state index contributed by atoms with van der Waals surface area (Å²) in [6.07, 6.45) is 0. The normalized spacial score (nSPS) is 10.9. The van der Waals surface area contributed by atoms with Gasteiger partial charge in [0.1, 0.15) is 17.4 Å². The SMILES string of the molecule is CCOC(=O)c1ccc(SC(F)(F)F)c(O)c1C#N. The summed E-state index contributed by atoms with van der Waals surface area (Å²) in [5.74, 6) is -1.76. The zero-order chi connectivity index (χ0) is 14.6. The number of alkyl halides is 3. The fraction of sp³-hybridized carbons (Fsp3) is 0.273. The Balaban J connectivity index is 3.24. The van der Waals surface area contributed by atoms with Crippen molar-refractivity contribution >= 4 is 17.7 Å². The van der Waals surface area contributed by atoms with Crippen molar-refractivity contribution in [2.24, 2.45) is 0 Å². The van der Waals surface area contributed by atoms with Crippen LogP contribution in [0.25, 0.3) is 0 Å². The maximum absolute atomic E-state index is 12.2. The van der Waals surface area contributed by atoms with Crippen molar-refractivity contribution in [3.8, 4) is 11.8 Å². The zero-order valence-corrected chi connectivity index (χ0v) is 10.4. The van der Waals surface area contributed by atoms with E-state index in [9.17, 15) is 23.1 Å². The largest absolute Gasteiger partial charge is 0.505 e. The summed E-state index contributed by atoms with van der Waals surface area (Å²) < 4.78 is 41.3. The van der Waals surface area contributed by atoms with E-state index in [-0.39, 0.29) is 12.2 Å². The van der Waals surface area contributed by atoms with E-state index in [4.69, 9.17) is 5.26 Å². The molecule has 19 heavy (non-hydrogen) atoms. The smallest absolute Gasteiger partial charge is 0.446 e. The van der Waals surface area contributed by atoms with Crippen molar-refractivity contribution in [1.29, 1.82) is 5.26 Å². The van der Waals surface area contributed by atoms with Crippen LogP contribution in [-0.2, 0) is 4.74 Å². The zero-order valence-electron chi connectivity index (χ0n) is 9.61. The Morgan fingerprint density at radius 1 is 1.53 bits per heavy atom. The molecule has 1 aromatic carbocycles. The van der Waals surface area contributed by atoms with Crippen molar-refractivity contribution in [1.82, 2.24) is 0 Å². The number of benzene rings is 1. The second-order valence-electron chi connectivity index (χ2n) is 3.21. The number of halogens is 3. The third-order valence-corrected chi connectivity index (χ3v) is 2.75. The number of phenols is 1. The lowest BCUT2D eigenvalue weighted by Gasteiger charge is -2.10. The lowest BCUT2D eigenvalue weighted by molar-refractivity contribution is -0.0329. The van der Waals surface area contributed by atoms with Gasteiger partial charge in [-0.1, -0.05) is 0 Å². The van der Waals surface area contributed by atoms with Crippen LogP contribution in [0.3, 0.4) is 0 Å². The lowest BCUT2D eigenvalue weighted by Crippen LogP contribution is -2.08. The molecule has 0 radical (unpaired) electrons. The van der Waals surface area contributed by atoms with Crippen molar-refractivity contribution in [2.45, 2.75) is 17.3 Å². The Kier molecular flexibility index (Phi) is 4.67. The average Bonchev–Trinajstić information content (AvgIpc) is 2.30. The molecule has 8 heteroatoms. The van der Waals surface area contributed by atoms with E-state index >= 15 is 0 Å². The minimum atomic E-state index is -4.60. The van der Waals surface area contributed by atoms with Crippen LogP contribution in [0, 0.1) is 11.3 Å². The molecular weight excluding hydrogens is 283 g/mol. The summed E-state index contributed by atoms with van der Waals surface area (Å²) in [7, 11) is 0. The molecule has 0 saturated heterocycles. The number of rotatable bonds is 3. The van der Waals surface area contributed by atoms with E-state index in [2.05, 4.69) is 4.74 Å². The number of nitriles is 1. The molecule has 0 amide bonds. The van der Waals surface area contributed by atoms with Gasteiger partial charge in [0, 0.05) is 0 Å².